The van der Waals surface area contributed by atoms with E-state index in [9.17, 15) is 4.79 Å². The first-order valence-corrected chi connectivity index (χ1v) is 5.81. The number of amides is 1. The highest BCUT2D eigenvalue weighted by Crippen LogP contribution is 2.14. The number of carbonyl (C=O) groups excluding carboxylic acids is 1. The van der Waals surface area contributed by atoms with Crippen molar-refractivity contribution in [3.8, 4) is 5.75 Å². The molecule has 2 rings (SSSR count). The summed E-state index contributed by atoms with van der Waals surface area (Å²) in [7, 11) is 1.60. The van der Waals surface area contributed by atoms with Gasteiger partial charge in [-0.25, -0.2) is 0 Å². The molecule has 0 bridgehead atoms. The molecule has 0 spiro atoms. The lowest BCUT2D eigenvalue weighted by molar-refractivity contribution is -0.111. The molecule has 1 N–H and O–H groups in total. The van der Waals surface area contributed by atoms with E-state index < -0.39 is 0 Å². The molecule has 0 atom stereocenters. The molecule has 1 aromatic carbocycles. The number of pyridine rings is 1. The summed E-state index contributed by atoms with van der Waals surface area (Å²) in [6, 6.07) is 10.9. The molecule has 96 valence electrons. The summed E-state index contributed by atoms with van der Waals surface area (Å²) in [5.41, 5.74) is 1.61. The summed E-state index contributed by atoms with van der Waals surface area (Å²) in [5, 5.41) is 2.76. The molecule has 1 heterocycles. The smallest absolute Gasteiger partial charge is 0.248 e. The topological polar surface area (TPSA) is 51.2 Å². The molecule has 0 unspecified atom stereocenters. The van der Waals surface area contributed by atoms with Gasteiger partial charge >= 0.3 is 0 Å². The van der Waals surface area contributed by atoms with Gasteiger partial charge in [-0.2, -0.15) is 0 Å². The van der Waals surface area contributed by atoms with Gasteiger partial charge in [0.25, 0.3) is 0 Å². The van der Waals surface area contributed by atoms with Crippen LogP contribution in [0.15, 0.2) is 54.9 Å². The van der Waals surface area contributed by atoms with Crippen molar-refractivity contribution in [3.05, 3.63) is 60.4 Å². The lowest BCUT2D eigenvalue weighted by Crippen LogP contribution is -2.07. The Morgan fingerprint density at radius 2 is 2.05 bits per heavy atom. The number of ether oxygens (including phenoxy) is 1. The summed E-state index contributed by atoms with van der Waals surface area (Å²) >= 11 is 0. The highest BCUT2D eigenvalue weighted by atomic mass is 16.5. The number of hydrogen-bond acceptors (Lipinski definition) is 3. The van der Waals surface area contributed by atoms with E-state index in [4.69, 9.17) is 4.74 Å². The lowest BCUT2D eigenvalue weighted by Gasteiger charge is -2.03. The molecule has 4 heteroatoms. The van der Waals surface area contributed by atoms with Crippen LogP contribution in [0, 0.1) is 0 Å². The van der Waals surface area contributed by atoms with Crippen LogP contribution in [0.3, 0.4) is 0 Å². The number of hydrogen-bond donors (Lipinski definition) is 1. The van der Waals surface area contributed by atoms with Gasteiger partial charge < -0.3 is 10.1 Å². The molecule has 4 nitrogen and oxygen atoms in total. The van der Waals surface area contributed by atoms with Crippen LogP contribution in [0.25, 0.3) is 6.08 Å². The van der Waals surface area contributed by atoms with Gasteiger partial charge in [0, 0.05) is 24.2 Å². The highest BCUT2D eigenvalue weighted by Gasteiger charge is 1.98. The molecule has 19 heavy (non-hydrogen) atoms. The van der Waals surface area contributed by atoms with Crippen molar-refractivity contribution in [1.82, 2.24) is 4.98 Å². The van der Waals surface area contributed by atoms with Gasteiger partial charge in [-0.3, -0.25) is 9.78 Å². The summed E-state index contributed by atoms with van der Waals surface area (Å²) in [5.74, 6) is 0.568. The molecule has 0 radical (unpaired) electrons. The first kappa shape index (κ1) is 12.8. The van der Waals surface area contributed by atoms with E-state index in [1.807, 2.05) is 12.1 Å². The van der Waals surface area contributed by atoms with Crippen LogP contribution in [0.5, 0.6) is 5.75 Å². The molecule has 0 fully saturated rings. The second kappa shape index (κ2) is 6.35. The fourth-order valence-corrected chi connectivity index (χ4v) is 1.50. The van der Waals surface area contributed by atoms with Gasteiger partial charge in [-0.15, -0.1) is 0 Å². The standard InChI is InChI=1S/C15H14N2O2/c1-19-14-7-5-13(6-8-14)17-15(18)9-4-12-3-2-10-16-11-12/h2-11H,1H3,(H,17,18)/b9-4+. The minimum Gasteiger partial charge on any atom is -0.497 e. The van der Waals surface area contributed by atoms with Crippen molar-refractivity contribution < 1.29 is 9.53 Å². The third-order valence-corrected chi connectivity index (χ3v) is 2.47. The number of rotatable bonds is 4. The largest absolute Gasteiger partial charge is 0.497 e. The fourth-order valence-electron chi connectivity index (χ4n) is 1.50. The number of benzene rings is 1. The molecule has 0 saturated heterocycles. The van der Waals surface area contributed by atoms with Crippen LogP contribution in [-0.4, -0.2) is 18.0 Å². The summed E-state index contributed by atoms with van der Waals surface area (Å²) in [6.07, 6.45) is 6.57. The average Bonchev–Trinajstić information content (AvgIpc) is 2.47. The molecular weight excluding hydrogens is 240 g/mol. The third kappa shape index (κ3) is 3.96. The number of aromatic nitrogens is 1. The summed E-state index contributed by atoms with van der Waals surface area (Å²) in [6.45, 7) is 0. The predicted octanol–water partition coefficient (Wildman–Crippen LogP) is 2.74. The van der Waals surface area contributed by atoms with Gasteiger partial charge in [-0.05, 0) is 42.0 Å². The number of carbonyl (C=O) groups is 1. The number of nitrogens with zero attached hydrogens (tertiary/aromatic N) is 1. The molecular formula is C15H14N2O2. The fraction of sp³-hybridized carbons (Fsp3) is 0.0667. The van der Waals surface area contributed by atoms with Gasteiger partial charge in [0.05, 0.1) is 7.11 Å². The van der Waals surface area contributed by atoms with Crippen LogP contribution in [0.1, 0.15) is 5.56 Å². The van der Waals surface area contributed by atoms with E-state index in [1.54, 1.807) is 49.8 Å². The monoisotopic (exact) mass is 254 g/mol. The van der Waals surface area contributed by atoms with Crippen LogP contribution in [0.2, 0.25) is 0 Å². The van der Waals surface area contributed by atoms with Crippen LogP contribution >= 0.6 is 0 Å². The van der Waals surface area contributed by atoms with E-state index in [0.29, 0.717) is 0 Å². The average molecular weight is 254 g/mol. The van der Waals surface area contributed by atoms with Crippen molar-refractivity contribution in [2.75, 3.05) is 12.4 Å². The van der Waals surface area contributed by atoms with E-state index in [1.165, 1.54) is 6.08 Å². The Morgan fingerprint density at radius 3 is 2.68 bits per heavy atom. The first-order valence-electron chi connectivity index (χ1n) is 5.81. The van der Waals surface area contributed by atoms with E-state index >= 15 is 0 Å². The van der Waals surface area contributed by atoms with Gasteiger partial charge in [-0.1, -0.05) is 6.07 Å². The van der Waals surface area contributed by atoms with Crippen LogP contribution < -0.4 is 10.1 Å². The quantitative estimate of drug-likeness (QED) is 0.853. The van der Waals surface area contributed by atoms with Crippen LogP contribution in [-0.2, 0) is 4.79 Å². The molecule has 1 amide bonds. The molecule has 1 aromatic heterocycles. The SMILES string of the molecule is COc1ccc(NC(=O)/C=C/c2cccnc2)cc1. The summed E-state index contributed by atoms with van der Waals surface area (Å²) < 4.78 is 5.05. The predicted molar refractivity (Wildman–Crippen MR) is 74.9 cm³/mol. The molecule has 0 aliphatic rings. The van der Waals surface area contributed by atoms with E-state index in [0.717, 1.165) is 17.0 Å². The van der Waals surface area contributed by atoms with Crippen molar-refractivity contribution in [2.24, 2.45) is 0 Å². The molecule has 2 aromatic rings. The lowest BCUT2D eigenvalue weighted by atomic mass is 10.2. The second-order valence-corrected chi connectivity index (χ2v) is 3.84. The van der Waals surface area contributed by atoms with Gasteiger partial charge in [0.15, 0.2) is 0 Å². The maximum atomic E-state index is 11.7. The normalized spacial score (nSPS) is 10.4. The Balaban J connectivity index is 1.95. The van der Waals surface area contributed by atoms with Crippen molar-refractivity contribution in [2.45, 2.75) is 0 Å². The zero-order valence-electron chi connectivity index (χ0n) is 10.5. The Bertz CT molecular complexity index is 562. The molecule has 0 saturated carbocycles. The second-order valence-electron chi connectivity index (χ2n) is 3.84. The number of anilines is 1. The Labute approximate surface area is 111 Å². The Hall–Kier alpha value is -2.62. The zero-order chi connectivity index (χ0) is 13.5. The van der Waals surface area contributed by atoms with E-state index in [-0.39, 0.29) is 5.91 Å². The van der Waals surface area contributed by atoms with Crippen LogP contribution in [0.4, 0.5) is 5.69 Å². The number of methoxy groups -OCH3 is 1. The minimum atomic E-state index is -0.186. The highest BCUT2D eigenvalue weighted by molar-refractivity contribution is 6.01. The molecule has 0 aliphatic heterocycles. The molecule has 0 aliphatic carbocycles. The van der Waals surface area contributed by atoms with E-state index in [2.05, 4.69) is 10.3 Å². The minimum absolute atomic E-state index is 0.186. The summed E-state index contributed by atoms with van der Waals surface area (Å²) in [4.78, 5) is 15.7. The third-order valence-electron chi connectivity index (χ3n) is 2.47. The first-order chi connectivity index (χ1) is 9.28. The Morgan fingerprint density at radius 1 is 1.26 bits per heavy atom. The van der Waals surface area contributed by atoms with Crippen molar-refractivity contribution in [1.29, 1.82) is 0 Å². The van der Waals surface area contributed by atoms with Crippen molar-refractivity contribution >= 4 is 17.7 Å². The number of nitrogens with one attached hydrogen (secondary N) is 1. The van der Waals surface area contributed by atoms with Crippen molar-refractivity contribution in [3.63, 3.8) is 0 Å². The zero-order valence-corrected chi connectivity index (χ0v) is 10.5. The van der Waals surface area contributed by atoms with Gasteiger partial charge in [0.2, 0.25) is 5.91 Å². The Kier molecular flexibility index (Phi) is 4.29. The maximum absolute atomic E-state index is 11.7. The van der Waals surface area contributed by atoms with Gasteiger partial charge in [0.1, 0.15) is 5.75 Å². The maximum Gasteiger partial charge on any atom is 0.248 e.